The van der Waals surface area contributed by atoms with Crippen molar-refractivity contribution in [3.8, 4) is 5.75 Å². The number of carbonyl (C=O) groups excluding carboxylic acids is 2. The van der Waals surface area contributed by atoms with Crippen molar-refractivity contribution in [2.45, 2.75) is 26.1 Å². The Morgan fingerprint density at radius 3 is 2.55 bits per heavy atom. The molecule has 9 heteroatoms. The number of carbonyl (C=O) groups is 2. The zero-order valence-electron chi connectivity index (χ0n) is 17.1. The lowest BCUT2D eigenvalue weighted by molar-refractivity contribution is -0.138. The van der Waals surface area contributed by atoms with Crippen LogP contribution in [-0.4, -0.2) is 91.3 Å². The Balaban J connectivity index is 1.55. The van der Waals surface area contributed by atoms with Crippen LogP contribution >= 0.6 is 0 Å². The quantitative estimate of drug-likeness (QED) is 0.639. The van der Waals surface area contributed by atoms with Gasteiger partial charge in [0.25, 0.3) is 5.91 Å². The van der Waals surface area contributed by atoms with Gasteiger partial charge in [0.05, 0.1) is 19.8 Å². The summed E-state index contributed by atoms with van der Waals surface area (Å²) in [6.45, 7) is 7.02. The molecule has 2 fully saturated rings. The van der Waals surface area contributed by atoms with Gasteiger partial charge in [-0.1, -0.05) is 0 Å². The second-order valence-corrected chi connectivity index (χ2v) is 7.14. The van der Waals surface area contributed by atoms with Crippen LogP contribution < -0.4 is 9.64 Å². The molecule has 0 bridgehead atoms. The fraction of sp³-hybridized carbons (Fsp3) is 0.550. The standard InChI is InChI=1S/C20H27N5O4/c1-4-28-13-12-25-18(26)16-17(22(3)20(25)27)21-19-23(10-11-24(16)19)14-6-8-15(9-7-14)29-5-2/h6-9,16-17H,4-5,10-13H2,1-3H3. The molecule has 4 rings (SSSR count). The summed E-state index contributed by atoms with van der Waals surface area (Å²) in [5, 5.41) is 0. The number of nitrogens with zero attached hydrogens (tertiary/aromatic N) is 5. The molecule has 0 N–H and O–H groups in total. The molecule has 3 aliphatic heterocycles. The molecule has 9 nitrogen and oxygen atoms in total. The Bertz CT molecular complexity index is 812. The van der Waals surface area contributed by atoms with Crippen molar-refractivity contribution in [1.29, 1.82) is 0 Å². The van der Waals surface area contributed by atoms with Crippen LogP contribution in [0.1, 0.15) is 13.8 Å². The van der Waals surface area contributed by atoms with Crippen LogP contribution in [0.5, 0.6) is 5.75 Å². The molecule has 0 saturated carbocycles. The molecule has 2 unspecified atom stereocenters. The number of hydrogen-bond acceptors (Lipinski definition) is 7. The maximum absolute atomic E-state index is 13.1. The van der Waals surface area contributed by atoms with E-state index in [-0.39, 0.29) is 18.5 Å². The molecular weight excluding hydrogens is 374 g/mol. The van der Waals surface area contributed by atoms with Gasteiger partial charge in [-0.3, -0.25) is 9.69 Å². The molecule has 3 heterocycles. The maximum atomic E-state index is 13.1. The summed E-state index contributed by atoms with van der Waals surface area (Å²) in [6, 6.07) is 7.03. The molecule has 0 spiro atoms. The van der Waals surface area contributed by atoms with Gasteiger partial charge in [-0.15, -0.1) is 0 Å². The average Bonchev–Trinajstić information content (AvgIpc) is 3.29. The van der Waals surface area contributed by atoms with E-state index >= 15 is 0 Å². The highest BCUT2D eigenvalue weighted by Crippen LogP contribution is 2.33. The summed E-state index contributed by atoms with van der Waals surface area (Å²) in [6.07, 6.45) is -0.501. The van der Waals surface area contributed by atoms with Crippen molar-refractivity contribution in [2.24, 2.45) is 4.99 Å². The van der Waals surface area contributed by atoms with Gasteiger partial charge >= 0.3 is 6.03 Å². The first-order valence-corrected chi connectivity index (χ1v) is 10.1. The summed E-state index contributed by atoms with van der Waals surface area (Å²) in [7, 11) is 1.70. The van der Waals surface area contributed by atoms with E-state index in [0.29, 0.717) is 26.4 Å². The molecule has 3 amide bonds. The van der Waals surface area contributed by atoms with E-state index < -0.39 is 12.2 Å². The lowest BCUT2D eigenvalue weighted by Crippen LogP contribution is -2.65. The van der Waals surface area contributed by atoms with Gasteiger partial charge in [-0.05, 0) is 38.1 Å². The molecule has 156 valence electrons. The Kier molecular flexibility index (Phi) is 5.31. The lowest BCUT2D eigenvalue weighted by atomic mass is 10.1. The van der Waals surface area contributed by atoms with Gasteiger partial charge in [0.2, 0.25) is 5.96 Å². The molecular formula is C20H27N5O4. The number of benzene rings is 1. The molecule has 3 aliphatic rings. The molecule has 0 aromatic heterocycles. The Morgan fingerprint density at radius 2 is 1.86 bits per heavy atom. The maximum Gasteiger partial charge on any atom is 0.328 e. The third kappa shape index (κ3) is 3.29. The largest absolute Gasteiger partial charge is 0.494 e. The number of aliphatic imine (C=N–C) groups is 1. The zero-order valence-corrected chi connectivity index (χ0v) is 17.1. The highest BCUT2D eigenvalue weighted by atomic mass is 16.5. The average molecular weight is 401 g/mol. The van der Waals surface area contributed by atoms with Crippen LogP contribution in [0.25, 0.3) is 0 Å². The fourth-order valence-electron chi connectivity index (χ4n) is 4.08. The molecule has 0 radical (unpaired) electrons. The number of fused-ring (bicyclic) bond motifs is 3. The third-order valence-electron chi connectivity index (χ3n) is 5.50. The minimum Gasteiger partial charge on any atom is -0.494 e. The van der Waals surface area contributed by atoms with Gasteiger partial charge in [-0.2, -0.15) is 0 Å². The number of amides is 3. The van der Waals surface area contributed by atoms with Crippen LogP contribution in [0, 0.1) is 0 Å². The Hall–Kier alpha value is -2.81. The smallest absolute Gasteiger partial charge is 0.328 e. The van der Waals surface area contributed by atoms with Crippen LogP contribution in [0.2, 0.25) is 0 Å². The van der Waals surface area contributed by atoms with Crippen molar-refractivity contribution in [2.75, 3.05) is 51.4 Å². The van der Waals surface area contributed by atoms with Crippen LogP contribution in [-0.2, 0) is 9.53 Å². The predicted octanol–water partition coefficient (Wildman–Crippen LogP) is 1.20. The topological polar surface area (TPSA) is 77.9 Å². The van der Waals surface area contributed by atoms with Crippen molar-refractivity contribution >= 4 is 23.6 Å². The van der Waals surface area contributed by atoms with Crippen LogP contribution in [0.15, 0.2) is 29.3 Å². The lowest BCUT2D eigenvalue weighted by Gasteiger charge is -2.40. The highest BCUT2D eigenvalue weighted by molar-refractivity contribution is 6.08. The monoisotopic (exact) mass is 401 g/mol. The second kappa shape index (κ2) is 7.90. The number of imide groups is 1. The number of guanidine groups is 1. The van der Waals surface area contributed by atoms with E-state index in [1.807, 2.05) is 43.0 Å². The van der Waals surface area contributed by atoms with E-state index in [1.54, 1.807) is 11.9 Å². The van der Waals surface area contributed by atoms with E-state index in [4.69, 9.17) is 14.5 Å². The minimum atomic E-state index is -0.501. The molecule has 0 aliphatic carbocycles. The summed E-state index contributed by atoms with van der Waals surface area (Å²) in [5.74, 6) is 1.36. The first kappa shape index (κ1) is 19.5. The molecule has 1 aromatic rings. The summed E-state index contributed by atoms with van der Waals surface area (Å²) < 4.78 is 10.9. The number of ether oxygens (including phenoxy) is 2. The van der Waals surface area contributed by atoms with Gasteiger partial charge in [0.1, 0.15) is 5.75 Å². The van der Waals surface area contributed by atoms with Crippen LogP contribution in [0.4, 0.5) is 10.5 Å². The predicted molar refractivity (Wildman–Crippen MR) is 108 cm³/mol. The Morgan fingerprint density at radius 1 is 1.10 bits per heavy atom. The highest BCUT2D eigenvalue weighted by Gasteiger charge is 2.54. The van der Waals surface area contributed by atoms with Gasteiger partial charge in [0.15, 0.2) is 12.2 Å². The number of urea groups is 1. The normalized spacial score (nSPS) is 23.5. The molecule has 29 heavy (non-hydrogen) atoms. The molecule has 2 atom stereocenters. The van der Waals surface area contributed by atoms with Crippen LogP contribution in [0.3, 0.4) is 0 Å². The first-order chi connectivity index (χ1) is 14.1. The number of rotatable bonds is 7. The van der Waals surface area contributed by atoms with Gasteiger partial charge < -0.3 is 24.2 Å². The molecule has 1 aromatic carbocycles. The first-order valence-electron chi connectivity index (χ1n) is 10.1. The number of likely N-dealkylation sites (N-methyl/N-ethyl adjacent to an activating group) is 1. The summed E-state index contributed by atoms with van der Waals surface area (Å²) in [4.78, 5) is 37.5. The summed E-state index contributed by atoms with van der Waals surface area (Å²) in [5.41, 5.74) is 0.989. The van der Waals surface area contributed by atoms with Gasteiger partial charge in [-0.25, -0.2) is 9.79 Å². The number of anilines is 1. The van der Waals surface area contributed by atoms with E-state index in [2.05, 4.69) is 4.90 Å². The van der Waals surface area contributed by atoms with Gasteiger partial charge in [0, 0.05) is 32.4 Å². The fourth-order valence-corrected chi connectivity index (χ4v) is 4.08. The van der Waals surface area contributed by atoms with E-state index in [1.165, 1.54) is 4.90 Å². The Labute approximate surface area is 170 Å². The second-order valence-electron chi connectivity index (χ2n) is 7.14. The van der Waals surface area contributed by atoms with Crippen molar-refractivity contribution in [3.63, 3.8) is 0 Å². The van der Waals surface area contributed by atoms with Crippen molar-refractivity contribution in [3.05, 3.63) is 24.3 Å². The minimum absolute atomic E-state index is 0.204. The van der Waals surface area contributed by atoms with E-state index in [9.17, 15) is 9.59 Å². The summed E-state index contributed by atoms with van der Waals surface area (Å²) >= 11 is 0. The number of hydrogen-bond donors (Lipinski definition) is 0. The SMILES string of the molecule is CCOCCN1C(=O)C2C(N=C3N(c4ccc(OCC)cc4)CCN32)N(C)C1=O. The zero-order chi connectivity index (χ0) is 20.5. The van der Waals surface area contributed by atoms with E-state index in [0.717, 1.165) is 23.9 Å². The molecule has 2 saturated heterocycles. The van der Waals surface area contributed by atoms with Crippen molar-refractivity contribution < 1.29 is 19.1 Å². The van der Waals surface area contributed by atoms with Crippen molar-refractivity contribution in [1.82, 2.24) is 14.7 Å². The third-order valence-corrected chi connectivity index (χ3v) is 5.50.